The zero-order valence-electron chi connectivity index (χ0n) is 13.2. The number of ether oxygens (including phenoxy) is 1. The fourth-order valence-corrected chi connectivity index (χ4v) is 2.71. The van der Waals surface area contributed by atoms with Crippen LogP contribution in [0, 0.1) is 5.92 Å². The number of hydrogen-bond acceptors (Lipinski definition) is 2. The molecule has 0 heterocycles. The Balaban J connectivity index is 0.00000264. The van der Waals surface area contributed by atoms with Gasteiger partial charge in [-0.2, -0.15) is 0 Å². The summed E-state index contributed by atoms with van der Waals surface area (Å²) in [4.78, 5) is 4.21. The van der Waals surface area contributed by atoms with Crippen LogP contribution in [0.4, 0.5) is 14.5 Å². The van der Waals surface area contributed by atoms with E-state index in [1.165, 1.54) is 0 Å². The third-order valence-corrected chi connectivity index (χ3v) is 3.85. The first-order chi connectivity index (χ1) is 10.5. The van der Waals surface area contributed by atoms with E-state index in [1.54, 1.807) is 13.2 Å². The van der Waals surface area contributed by atoms with Gasteiger partial charge < -0.3 is 15.8 Å². The molecule has 0 radical (unpaired) electrons. The van der Waals surface area contributed by atoms with Crippen LogP contribution in [-0.2, 0) is 0 Å². The van der Waals surface area contributed by atoms with Crippen LogP contribution in [0.15, 0.2) is 29.3 Å². The predicted octanol–water partition coefficient (Wildman–Crippen LogP) is 4.26. The number of guanidine groups is 1. The van der Waals surface area contributed by atoms with Crippen LogP contribution in [-0.4, -0.2) is 25.5 Å². The highest BCUT2D eigenvalue weighted by molar-refractivity contribution is 14.0. The molecular formula is C16H24F2IN3O. The first-order valence-electron chi connectivity index (χ1n) is 7.57. The maximum absolute atomic E-state index is 13.6. The molecule has 0 saturated heterocycles. The molecule has 3 N–H and O–H groups in total. The molecule has 0 bridgehead atoms. The van der Waals surface area contributed by atoms with E-state index in [-0.39, 0.29) is 48.7 Å². The van der Waals surface area contributed by atoms with Crippen LogP contribution in [0.5, 0.6) is 5.75 Å². The highest BCUT2D eigenvalue weighted by atomic mass is 127. The minimum atomic E-state index is -2.56. The van der Waals surface area contributed by atoms with Gasteiger partial charge in [0.15, 0.2) is 5.96 Å². The molecular weight excluding hydrogens is 415 g/mol. The van der Waals surface area contributed by atoms with Gasteiger partial charge in [0.2, 0.25) is 5.92 Å². The molecule has 1 aliphatic rings. The number of rotatable bonds is 4. The lowest BCUT2D eigenvalue weighted by atomic mass is 9.99. The fraction of sp³-hybridized carbons (Fsp3) is 0.562. The van der Waals surface area contributed by atoms with Crippen molar-refractivity contribution in [1.82, 2.24) is 0 Å². The van der Waals surface area contributed by atoms with Gasteiger partial charge in [0.05, 0.1) is 7.11 Å². The maximum atomic E-state index is 13.6. The van der Waals surface area contributed by atoms with Crippen LogP contribution in [0.1, 0.15) is 32.1 Å². The molecule has 1 fully saturated rings. The molecule has 130 valence electrons. The van der Waals surface area contributed by atoms with Crippen LogP contribution < -0.4 is 15.8 Å². The van der Waals surface area contributed by atoms with E-state index in [0.717, 1.165) is 18.5 Å². The monoisotopic (exact) mass is 439 g/mol. The quantitative estimate of drug-likeness (QED) is 0.319. The van der Waals surface area contributed by atoms with Gasteiger partial charge in [-0.1, -0.05) is 12.5 Å². The number of methoxy groups -OCH3 is 1. The lowest BCUT2D eigenvalue weighted by Crippen LogP contribution is -2.25. The van der Waals surface area contributed by atoms with Crippen molar-refractivity contribution < 1.29 is 13.5 Å². The van der Waals surface area contributed by atoms with Crippen molar-refractivity contribution in [3.63, 3.8) is 0 Å². The van der Waals surface area contributed by atoms with E-state index in [0.29, 0.717) is 18.7 Å². The van der Waals surface area contributed by atoms with E-state index >= 15 is 0 Å². The van der Waals surface area contributed by atoms with Crippen LogP contribution in [0.3, 0.4) is 0 Å². The van der Waals surface area contributed by atoms with Crippen molar-refractivity contribution in [2.45, 2.75) is 38.0 Å². The predicted molar refractivity (Wildman–Crippen MR) is 100 cm³/mol. The largest absolute Gasteiger partial charge is 0.497 e. The van der Waals surface area contributed by atoms with E-state index in [9.17, 15) is 8.78 Å². The summed E-state index contributed by atoms with van der Waals surface area (Å²) in [6.45, 7) is 0.332. The number of nitrogens with one attached hydrogen (secondary N) is 1. The Kier molecular flexibility index (Phi) is 8.01. The SMILES string of the molecule is COc1cccc(NC(N)=NCC2CCCCC(F)(F)C2)c1.I. The summed E-state index contributed by atoms with van der Waals surface area (Å²) in [5.41, 5.74) is 6.59. The summed E-state index contributed by atoms with van der Waals surface area (Å²) in [7, 11) is 1.59. The Hall–Kier alpha value is -1.12. The fourth-order valence-electron chi connectivity index (χ4n) is 2.71. The van der Waals surface area contributed by atoms with Crippen molar-refractivity contribution in [3.05, 3.63) is 24.3 Å². The number of alkyl halides is 2. The van der Waals surface area contributed by atoms with Gasteiger partial charge in [-0.05, 0) is 30.9 Å². The van der Waals surface area contributed by atoms with Crippen molar-refractivity contribution in [3.8, 4) is 5.75 Å². The smallest absolute Gasteiger partial charge is 0.248 e. The Morgan fingerprint density at radius 3 is 2.96 bits per heavy atom. The summed E-state index contributed by atoms with van der Waals surface area (Å²) in [6, 6.07) is 7.29. The molecule has 1 saturated carbocycles. The highest BCUT2D eigenvalue weighted by Gasteiger charge is 2.34. The number of benzene rings is 1. The lowest BCUT2D eigenvalue weighted by molar-refractivity contribution is -0.0241. The number of hydrogen-bond donors (Lipinski definition) is 2. The molecule has 1 unspecified atom stereocenters. The normalized spacial score (nSPS) is 21.0. The van der Waals surface area contributed by atoms with Gasteiger partial charge in [0.1, 0.15) is 5.75 Å². The molecule has 0 spiro atoms. The number of halogens is 3. The molecule has 1 aromatic carbocycles. The molecule has 1 aliphatic carbocycles. The molecule has 4 nitrogen and oxygen atoms in total. The molecule has 0 aromatic heterocycles. The summed E-state index contributed by atoms with van der Waals surface area (Å²) in [6.07, 6.45) is 2.10. The molecule has 2 rings (SSSR count). The first-order valence-corrected chi connectivity index (χ1v) is 7.57. The number of nitrogens with zero attached hydrogens (tertiary/aromatic N) is 1. The second-order valence-electron chi connectivity index (χ2n) is 5.75. The second kappa shape index (κ2) is 9.24. The lowest BCUT2D eigenvalue weighted by Gasteiger charge is -2.18. The minimum Gasteiger partial charge on any atom is -0.497 e. The van der Waals surface area contributed by atoms with Gasteiger partial charge in [-0.15, -0.1) is 24.0 Å². The van der Waals surface area contributed by atoms with E-state index < -0.39 is 5.92 Å². The van der Waals surface area contributed by atoms with E-state index in [4.69, 9.17) is 10.5 Å². The molecule has 1 atom stereocenters. The maximum Gasteiger partial charge on any atom is 0.248 e. The van der Waals surface area contributed by atoms with Gasteiger partial charge in [-0.25, -0.2) is 8.78 Å². The van der Waals surface area contributed by atoms with Gasteiger partial charge in [0, 0.05) is 31.1 Å². The molecule has 23 heavy (non-hydrogen) atoms. The summed E-state index contributed by atoms with van der Waals surface area (Å²) >= 11 is 0. The van der Waals surface area contributed by atoms with Crippen molar-refractivity contribution >= 4 is 35.6 Å². The van der Waals surface area contributed by atoms with Crippen LogP contribution in [0.2, 0.25) is 0 Å². The number of nitrogens with two attached hydrogens (primary N) is 1. The molecule has 1 aromatic rings. The number of aliphatic imine (C=N–C) groups is 1. The Morgan fingerprint density at radius 1 is 1.43 bits per heavy atom. The van der Waals surface area contributed by atoms with Crippen LogP contribution in [0.25, 0.3) is 0 Å². The number of anilines is 1. The zero-order chi connectivity index (χ0) is 16.0. The molecule has 0 amide bonds. The molecule has 7 heteroatoms. The van der Waals surface area contributed by atoms with Crippen LogP contribution >= 0.6 is 24.0 Å². The highest BCUT2D eigenvalue weighted by Crippen LogP contribution is 2.35. The molecule has 0 aliphatic heterocycles. The third-order valence-electron chi connectivity index (χ3n) is 3.85. The summed E-state index contributed by atoms with van der Waals surface area (Å²) in [5, 5.41) is 2.95. The third kappa shape index (κ3) is 6.88. The summed E-state index contributed by atoms with van der Waals surface area (Å²) in [5.74, 6) is -1.73. The van der Waals surface area contributed by atoms with Crippen molar-refractivity contribution in [2.75, 3.05) is 19.0 Å². The first kappa shape index (κ1) is 19.9. The van der Waals surface area contributed by atoms with E-state index in [2.05, 4.69) is 10.3 Å². The van der Waals surface area contributed by atoms with Gasteiger partial charge >= 0.3 is 0 Å². The zero-order valence-corrected chi connectivity index (χ0v) is 15.6. The Bertz CT molecular complexity index is 526. The summed E-state index contributed by atoms with van der Waals surface area (Å²) < 4.78 is 32.2. The minimum absolute atomic E-state index is 0. The topological polar surface area (TPSA) is 59.6 Å². The van der Waals surface area contributed by atoms with Gasteiger partial charge in [-0.3, -0.25) is 4.99 Å². The average molecular weight is 439 g/mol. The van der Waals surface area contributed by atoms with Crippen molar-refractivity contribution in [2.24, 2.45) is 16.6 Å². The average Bonchev–Trinajstić information content (AvgIpc) is 2.66. The standard InChI is InChI=1S/C16H23F2N3O.HI/c1-22-14-7-4-6-13(9-14)21-15(19)20-11-12-5-2-3-8-16(17,18)10-12;/h4,6-7,9,12H,2-3,5,8,10-11H2,1H3,(H3,19,20,21);1H. The second-order valence-corrected chi connectivity index (χ2v) is 5.75. The van der Waals surface area contributed by atoms with Gasteiger partial charge in [0.25, 0.3) is 0 Å². The Morgan fingerprint density at radius 2 is 2.22 bits per heavy atom. The van der Waals surface area contributed by atoms with E-state index in [1.807, 2.05) is 18.2 Å². The van der Waals surface area contributed by atoms with Crippen molar-refractivity contribution in [1.29, 1.82) is 0 Å². The Labute approximate surface area is 152 Å².